The van der Waals surface area contributed by atoms with Crippen LogP contribution in [0.2, 0.25) is 0 Å². The molecule has 1 N–H and O–H groups in total. The van der Waals surface area contributed by atoms with Gasteiger partial charge in [-0.25, -0.2) is 0 Å². The molecule has 94 valence electrons. The van der Waals surface area contributed by atoms with Crippen LogP contribution in [0, 0.1) is 12.8 Å². The van der Waals surface area contributed by atoms with Gasteiger partial charge < -0.3 is 10.0 Å². The second-order valence-electron chi connectivity index (χ2n) is 4.22. The lowest BCUT2D eigenvalue weighted by Gasteiger charge is -2.18. The first kappa shape index (κ1) is 13.7. The summed E-state index contributed by atoms with van der Waals surface area (Å²) in [6, 6.07) is 2.01. The van der Waals surface area contributed by atoms with Crippen molar-refractivity contribution in [3.05, 3.63) is 21.9 Å². The topological polar surface area (TPSA) is 57.6 Å². The van der Waals surface area contributed by atoms with Crippen LogP contribution in [0.3, 0.4) is 0 Å². The van der Waals surface area contributed by atoms with E-state index in [0.29, 0.717) is 6.54 Å². The predicted molar refractivity (Wildman–Crippen MR) is 66.9 cm³/mol. The Hall–Kier alpha value is -1.36. The molecular weight excluding hydrogens is 238 g/mol. The van der Waals surface area contributed by atoms with Crippen molar-refractivity contribution in [2.24, 2.45) is 5.92 Å². The SMILES string of the molecule is Cc1ccsc1CN(C)C(=O)CC(C)C(=O)O. The molecule has 1 aromatic rings. The van der Waals surface area contributed by atoms with Crippen molar-refractivity contribution in [1.82, 2.24) is 4.90 Å². The van der Waals surface area contributed by atoms with Crippen LogP contribution in [-0.4, -0.2) is 28.9 Å². The van der Waals surface area contributed by atoms with E-state index in [1.54, 1.807) is 30.2 Å². The molecule has 1 atom stereocenters. The van der Waals surface area contributed by atoms with Crippen molar-refractivity contribution >= 4 is 23.2 Å². The van der Waals surface area contributed by atoms with Crippen LogP contribution >= 0.6 is 11.3 Å². The molecule has 0 spiro atoms. The number of aryl methyl sites for hydroxylation is 1. The van der Waals surface area contributed by atoms with E-state index in [4.69, 9.17) is 5.11 Å². The molecule has 0 bridgehead atoms. The molecule has 4 nitrogen and oxygen atoms in total. The third-order valence-electron chi connectivity index (χ3n) is 2.68. The van der Waals surface area contributed by atoms with E-state index in [2.05, 4.69) is 0 Å². The summed E-state index contributed by atoms with van der Waals surface area (Å²) < 4.78 is 0. The highest BCUT2D eigenvalue weighted by atomic mass is 32.1. The molecular formula is C12H17NO3S. The van der Waals surface area contributed by atoms with Crippen LogP contribution in [0.4, 0.5) is 0 Å². The molecule has 1 amide bonds. The minimum absolute atomic E-state index is 0.0518. The Labute approximate surface area is 105 Å². The molecule has 0 fully saturated rings. The van der Waals surface area contributed by atoms with Crippen LogP contribution in [0.5, 0.6) is 0 Å². The Kier molecular flexibility index (Phi) is 4.69. The van der Waals surface area contributed by atoms with Gasteiger partial charge in [0.25, 0.3) is 0 Å². The van der Waals surface area contributed by atoms with Gasteiger partial charge in [-0.15, -0.1) is 11.3 Å². The maximum Gasteiger partial charge on any atom is 0.306 e. The molecule has 0 saturated carbocycles. The number of nitrogens with zero attached hydrogens (tertiary/aromatic N) is 1. The lowest BCUT2D eigenvalue weighted by molar-refractivity contribution is -0.145. The maximum atomic E-state index is 11.8. The Morgan fingerprint density at radius 1 is 1.53 bits per heavy atom. The quantitative estimate of drug-likeness (QED) is 0.876. The average Bonchev–Trinajstić information content (AvgIpc) is 2.64. The van der Waals surface area contributed by atoms with Crippen LogP contribution < -0.4 is 0 Å². The van der Waals surface area contributed by atoms with Gasteiger partial charge in [0.2, 0.25) is 5.91 Å². The number of thiophene rings is 1. The van der Waals surface area contributed by atoms with E-state index < -0.39 is 11.9 Å². The molecule has 0 radical (unpaired) electrons. The van der Waals surface area contributed by atoms with Gasteiger partial charge in [-0.1, -0.05) is 6.92 Å². The van der Waals surface area contributed by atoms with Crippen LogP contribution in [0.1, 0.15) is 23.8 Å². The fraction of sp³-hybridized carbons (Fsp3) is 0.500. The minimum Gasteiger partial charge on any atom is -0.481 e. The lowest BCUT2D eigenvalue weighted by Crippen LogP contribution is -2.29. The van der Waals surface area contributed by atoms with E-state index in [0.717, 1.165) is 4.88 Å². The highest BCUT2D eigenvalue weighted by Crippen LogP contribution is 2.18. The summed E-state index contributed by atoms with van der Waals surface area (Å²) in [5.74, 6) is -1.69. The Morgan fingerprint density at radius 2 is 2.18 bits per heavy atom. The molecule has 0 aliphatic rings. The second kappa shape index (κ2) is 5.82. The summed E-state index contributed by atoms with van der Waals surface area (Å²) in [7, 11) is 1.70. The van der Waals surface area contributed by atoms with Crippen LogP contribution in [0.25, 0.3) is 0 Å². The van der Waals surface area contributed by atoms with Gasteiger partial charge in [-0.05, 0) is 23.9 Å². The first-order chi connectivity index (χ1) is 7.91. The van der Waals surface area contributed by atoms with Gasteiger partial charge >= 0.3 is 5.97 Å². The second-order valence-corrected chi connectivity index (χ2v) is 5.22. The third-order valence-corrected chi connectivity index (χ3v) is 3.68. The van der Waals surface area contributed by atoms with Crippen molar-refractivity contribution in [2.75, 3.05) is 7.05 Å². The fourth-order valence-electron chi connectivity index (χ4n) is 1.37. The summed E-state index contributed by atoms with van der Waals surface area (Å²) in [4.78, 5) is 25.1. The highest BCUT2D eigenvalue weighted by molar-refractivity contribution is 7.10. The number of rotatable bonds is 5. The monoisotopic (exact) mass is 255 g/mol. The van der Waals surface area contributed by atoms with Gasteiger partial charge in [0.15, 0.2) is 0 Å². The summed E-state index contributed by atoms with van der Waals surface area (Å²) in [5.41, 5.74) is 1.17. The summed E-state index contributed by atoms with van der Waals surface area (Å²) in [6.07, 6.45) is 0.0518. The zero-order valence-electron chi connectivity index (χ0n) is 10.3. The van der Waals surface area contributed by atoms with Gasteiger partial charge in [-0.3, -0.25) is 9.59 Å². The number of aliphatic carboxylic acids is 1. The van der Waals surface area contributed by atoms with Crippen LogP contribution in [0.15, 0.2) is 11.4 Å². The number of carboxylic acids is 1. The number of amides is 1. The van der Waals surface area contributed by atoms with Gasteiger partial charge in [0.05, 0.1) is 12.5 Å². The summed E-state index contributed by atoms with van der Waals surface area (Å²) in [6.45, 7) is 4.10. The number of carbonyl (C=O) groups is 2. The summed E-state index contributed by atoms with van der Waals surface area (Å²) >= 11 is 1.61. The van der Waals surface area contributed by atoms with Crippen molar-refractivity contribution in [3.63, 3.8) is 0 Å². The van der Waals surface area contributed by atoms with E-state index in [9.17, 15) is 9.59 Å². The van der Waals surface area contributed by atoms with E-state index in [1.165, 1.54) is 5.56 Å². The van der Waals surface area contributed by atoms with E-state index in [1.807, 2.05) is 18.4 Å². The van der Waals surface area contributed by atoms with Gasteiger partial charge in [0, 0.05) is 18.3 Å². The zero-order valence-corrected chi connectivity index (χ0v) is 11.1. The van der Waals surface area contributed by atoms with Gasteiger partial charge in [0.1, 0.15) is 0 Å². The Balaban J connectivity index is 2.53. The van der Waals surface area contributed by atoms with Gasteiger partial charge in [-0.2, -0.15) is 0 Å². The molecule has 5 heteroatoms. The number of carboxylic acid groups (broad SMARTS) is 1. The zero-order chi connectivity index (χ0) is 13.0. The van der Waals surface area contributed by atoms with E-state index in [-0.39, 0.29) is 12.3 Å². The molecule has 0 saturated heterocycles. The molecule has 1 rings (SSSR count). The fourth-order valence-corrected chi connectivity index (χ4v) is 2.33. The first-order valence-electron chi connectivity index (χ1n) is 5.41. The Bertz CT molecular complexity index is 414. The van der Waals surface area contributed by atoms with Crippen molar-refractivity contribution in [1.29, 1.82) is 0 Å². The standard InChI is InChI=1S/C12H17NO3S/c1-8-4-5-17-10(8)7-13(3)11(14)6-9(2)12(15)16/h4-5,9H,6-7H2,1-3H3,(H,15,16). The molecule has 17 heavy (non-hydrogen) atoms. The molecule has 0 aliphatic carbocycles. The molecule has 1 heterocycles. The maximum absolute atomic E-state index is 11.8. The minimum atomic E-state index is -0.931. The largest absolute Gasteiger partial charge is 0.481 e. The number of hydrogen-bond acceptors (Lipinski definition) is 3. The smallest absolute Gasteiger partial charge is 0.306 e. The van der Waals surface area contributed by atoms with Crippen LogP contribution in [-0.2, 0) is 16.1 Å². The third kappa shape index (κ3) is 3.85. The lowest BCUT2D eigenvalue weighted by atomic mass is 10.1. The van der Waals surface area contributed by atoms with Crippen molar-refractivity contribution < 1.29 is 14.7 Å². The predicted octanol–water partition coefficient (Wildman–Crippen LogP) is 2.13. The van der Waals surface area contributed by atoms with Crippen molar-refractivity contribution in [3.8, 4) is 0 Å². The molecule has 0 aliphatic heterocycles. The normalized spacial score (nSPS) is 12.2. The highest BCUT2D eigenvalue weighted by Gasteiger charge is 2.19. The average molecular weight is 255 g/mol. The molecule has 1 unspecified atom stereocenters. The number of carbonyl (C=O) groups excluding carboxylic acids is 1. The summed E-state index contributed by atoms with van der Waals surface area (Å²) in [5, 5.41) is 10.7. The Morgan fingerprint density at radius 3 is 2.65 bits per heavy atom. The van der Waals surface area contributed by atoms with Crippen molar-refractivity contribution in [2.45, 2.75) is 26.8 Å². The molecule has 0 aromatic carbocycles. The number of hydrogen-bond donors (Lipinski definition) is 1. The molecule has 1 aromatic heterocycles. The first-order valence-corrected chi connectivity index (χ1v) is 6.29. The van der Waals surface area contributed by atoms with E-state index >= 15 is 0 Å².